The third kappa shape index (κ3) is 7.28. The van der Waals surface area contributed by atoms with Crippen LogP contribution in [-0.2, 0) is 4.74 Å². The second-order valence-electron chi connectivity index (χ2n) is 6.17. The number of rotatable bonds is 9. The maximum absolute atomic E-state index is 5.29. The maximum Gasteiger partial charge on any atom is 0.191 e. The van der Waals surface area contributed by atoms with Crippen LogP contribution >= 0.6 is 24.0 Å². The highest BCUT2D eigenvalue weighted by Gasteiger charge is 2.23. The van der Waals surface area contributed by atoms with Crippen LogP contribution in [0.15, 0.2) is 29.3 Å². The molecule has 26 heavy (non-hydrogen) atoms. The molecule has 2 rings (SSSR count). The molecule has 148 valence electrons. The van der Waals surface area contributed by atoms with E-state index in [0.717, 1.165) is 44.4 Å². The van der Waals surface area contributed by atoms with Gasteiger partial charge >= 0.3 is 0 Å². The zero-order chi connectivity index (χ0) is 17.9. The third-order valence-electron chi connectivity index (χ3n) is 4.45. The number of aliphatic imine (C=N–C) groups is 1. The van der Waals surface area contributed by atoms with Crippen molar-refractivity contribution in [3.8, 4) is 5.75 Å². The van der Waals surface area contributed by atoms with E-state index in [1.54, 1.807) is 14.2 Å². The number of methoxy groups -OCH3 is 2. The van der Waals surface area contributed by atoms with Crippen molar-refractivity contribution in [2.75, 3.05) is 53.6 Å². The minimum Gasteiger partial charge on any atom is -0.497 e. The van der Waals surface area contributed by atoms with Crippen LogP contribution in [0.1, 0.15) is 31.4 Å². The summed E-state index contributed by atoms with van der Waals surface area (Å²) < 4.78 is 10.4. The summed E-state index contributed by atoms with van der Waals surface area (Å²) in [6.45, 7) is 7.34. The summed E-state index contributed by atoms with van der Waals surface area (Å²) in [5, 5.41) is 6.61. The fourth-order valence-electron chi connectivity index (χ4n) is 3.10. The zero-order valence-corrected chi connectivity index (χ0v) is 18.5. The van der Waals surface area contributed by atoms with Crippen molar-refractivity contribution in [1.82, 2.24) is 15.5 Å². The number of nitrogens with one attached hydrogen (secondary N) is 2. The van der Waals surface area contributed by atoms with Crippen molar-refractivity contribution in [1.29, 1.82) is 0 Å². The van der Waals surface area contributed by atoms with E-state index in [2.05, 4.69) is 34.6 Å². The Hall–Kier alpha value is -1.06. The Morgan fingerprint density at radius 3 is 2.42 bits per heavy atom. The summed E-state index contributed by atoms with van der Waals surface area (Å²) in [4.78, 5) is 7.35. The van der Waals surface area contributed by atoms with E-state index in [1.165, 1.54) is 18.4 Å². The van der Waals surface area contributed by atoms with E-state index in [1.807, 2.05) is 12.1 Å². The van der Waals surface area contributed by atoms with E-state index in [9.17, 15) is 0 Å². The molecule has 0 amide bonds. The van der Waals surface area contributed by atoms with Crippen molar-refractivity contribution < 1.29 is 9.47 Å². The van der Waals surface area contributed by atoms with Crippen LogP contribution < -0.4 is 15.4 Å². The molecule has 6 nitrogen and oxygen atoms in total. The predicted molar refractivity (Wildman–Crippen MR) is 118 cm³/mol. The van der Waals surface area contributed by atoms with Crippen molar-refractivity contribution in [3.63, 3.8) is 0 Å². The SMILES string of the molecule is CCNC(=NCC(c1ccc(OC)cc1)N1CCCC1)NCCOC.I. The van der Waals surface area contributed by atoms with Crippen LogP contribution in [0.3, 0.4) is 0 Å². The molecule has 1 aromatic rings. The average Bonchev–Trinajstić information content (AvgIpc) is 3.17. The lowest BCUT2D eigenvalue weighted by Gasteiger charge is -2.27. The first-order valence-electron chi connectivity index (χ1n) is 9.17. The van der Waals surface area contributed by atoms with Gasteiger partial charge in [-0.15, -0.1) is 24.0 Å². The van der Waals surface area contributed by atoms with E-state index in [-0.39, 0.29) is 24.0 Å². The molecule has 1 unspecified atom stereocenters. The van der Waals surface area contributed by atoms with Gasteiger partial charge in [0.05, 0.1) is 26.3 Å². The number of benzene rings is 1. The molecule has 1 heterocycles. The Morgan fingerprint density at radius 2 is 1.85 bits per heavy atom. The molecule has 0 saturated carbocycles. The molecule has 1 fully saturated rings. The maximum atomic E-state index is 5.29. The highest BCUT2D eigenvalue weighted by molar-refractivity contribution is 14.0. The molecule has 2 N–H and O–H groups in total. The van der Waals surface area contributed by atoms with Crippen molar-refractivity contribution in [2.24, 2.45) is 4.99 Å². The predicted octanol–water partition coefficient (Wildman–Crippen LogP) is 2.65. The van der Waals surface area contributed by atoms with Gasteiger partial charge in [0.15, 0.2) is 5.96 Å². The standard InChI is InChI=1S/C19H32N4O2.HI/c1-4-20-19(21-11-14-24-2)22-15-18(23-12-5-6-13-23)16-7-9-17(25-3)10-8-16;/h7-10,18H,4-6,11-15H2,1-3H3,(H2,20,21,22);1H. The summed E-state index contributed by atoms with van der Waals surface area (Å²) in [6, 6.07) is 8.67. The Kier molecular flexibility index (Phi) is 11.6. The number of ether oxygens (including phenoxy) is 2. The monoisotopic (exact) mass is 476 g/mol. The molecule has 0 aliphatic carbocycles. The summed E-state index contributed by atoms with van der Waals surface area (Å²) in [7, 11) is 3.41. The molecule has 1 aliphatic rings. The molecule has 7 heteroatoms. The Labute approximate surface area is 174 Å². The minimum atomic E-state index is 0. The molecule has 0 spiro atoms. The highest BCUT2D eigenvalue weighted by atomic mass is 127. The third-order valence-corrected chi connectivity index (χ3v) is 4.45. The van der Waals surface area contributed by atoms with Crippen molar-refractivity contribution in [2.45, 2.75) is 25.8 Å². The lowest BCUT2D eigenvalue weighted by molar-refractivity contribution is 0.203. The quantitative estimate of drug-likeness (QED) is 0.249. The van der Waals surface area contributed by atoms with Gasteiger partial charge in [-0.05, 0) is 50.6 Å². The second-order valence-corrected chi connectivity index (χ2v) is 6.17. The van der Waals surface area contributed by atoms with Gasteiger partial charge < -0.3 is 20.1 Å². The first-order valence-corrected chi connectivity index (χ1v) is 9.17. The normalized spacial score (nSPS) is 16.0. The van der Waals surface area contributed by atoms with Gasteiger partial charge in [0.25, 0.3) is 0 Å². The Morgan fingerprint density at radius 1 is 1.15 bits per heavy atom. The second kappa shape index (κ2) is 13.2. The van der Waals surface area contributed by atoms with E-state index < -0.39 is 0 Å². The van der Waals surface area contributed by atoms with Gasteiger partial charge in [-0.2, -0.15) is 0 Å². The highest BCUT2D eigenvalue weighted by Crippen LogP contribution is 2.27. The molecular weight excluding hydrogens is 443 g/mol. The van der Waals surface area contributed by atoms with Gasteiger partial charge in [-0.3, -0.25) is 9.89 Å². The average molecular weight is 476 g/mol. The van der Waals surface area contributed by atoms with Gasteiger partial charge in [-0.1, -0.05) is 12.1 Å². The molecular formula is C19H33IN4O2. The largest absolute Gasteiger partial charge is 0.497 e. The van der Waals surface area contributed by atoms with Crippen LogP contribution in [0.25, 0.3) is 0 Å². The molecule has 1 aliphatic heterocycles. The zero-order valence-electron chi connectivity index (χ0n) is 16.2. The summed E-state index contributed by atoms with van der Waals surface area (Å²) in [5.41, 5.74) is 1.29. The van der Waals surface area contributed by atoms with Gasteiger partial charge in [0.1, 0.15) is 5.75 Å². The van der Waals surface area contributed by atoms with Crippen LogP contribution in [0.2, 0.25) is 0 Å². The van der Waals surface area contributed by atoms with Gasteiger partial charge in [0, 0.05) is 20.2 Å². The molecule has 1 aromatic carbocycles. The first-order chi connectivity index (χ1) is 12.3. The number of halogens is 1. The smallest absolute Gasteiger partial charge is 0.191 e. The Bertz CT molecular complexity index is 519. The van der Waals surface area contributed by atoms with Crippen LogP contribution in [-0.4, -0.2) is 64.4 Å². The van der Waals surface area contributed by atoms with E-state index in [0.29, 0.717) is 12.6 Å². The fourth-order valence-corrected chi connectivity index (χ4v) is 3.10. The van der Waals surface area contributed by atoms with Crippen molar-refractivity contribution in [3.05, 3.63) is 29.8 Å². The fraction of sp³-hybridized carbons (Fsp3) is 0.632. The summed E-state index contributed by atoms with van der Waals surface area (Å²) in [6.07, 6.45) is 2.53. The number of nitrogens with zero attached hydrogens (tertiary/aromatic N) is 2. The Balaban J connectivity index is 0.00000338. The van der Waals surface area contributed by atoms with Gasteiger partial charge in [0.2, 0.25) is 0 Å². The number of guanidine groups is 1. The summed E-state index contributed by atoms with van der Waals surface area (Å²) in [5.74, 6) is 1.74. The van der Waals surface area contributed by atoms with E-state index >= 15 is 0 Å². The summed E-state index contributed by atoms with van der Waals surface area (Å²) >= 11 is 0. The van der Waals surface area contributed by atoms with E-state index in [4.69, 9.17) is 14.5 Å². The molecule has 1 saturated heterocycles. The first kappa shape index (κ1) is 23.0. The lowest BCUT2D eigenvalue weighted by Crippen LogP contribution is -2.39. The van der Waals surface area contributed by atoms with Crippen LogP contribution in [0.4, 0.5) is 0 Å². The molecule has 1 atom stereocenters. The van der Waals surface area contributed by atoms with Gasteiger partial charge in [-0.25, -0.2) is 0 Å². The molecule has 0 aromatic heterocycles. The lowest BCUT2D eigenvalue weighted by atomic mass is 10.1. The molecule has 0 radical (unpaired) electrons. The van der Waals surface area contributed by atoms with Crippen molar-refractivity contribution >= 4 is 29.9 Å². The topological polar surface area (TPSA) is 58.1 Å². The molecule has 0 bridgehead atoms. The minimum absolute atomic E-state index is 0. The number of likely N-dealkylation sites (tertiary alicyclic amines) is 1. The number of hydrogen-bond acceptors (Lipinski definition) is 4. The number of hydrogen-bond donors (Lipinski definition) is 2. The van der Waals surface area contributed by atoms with Crippen LogP contribution in [0, 0.1) is 0 Å². The van der Waals surface area contributed by atoms with Crippen LogP contribution in [0.5, 0.6) is 5.75 Å².